The summed E-state index contributed by atoms with van der Waals surface area (Å²) in [5, 5.41) is 0. The molecule has 1 aromatic carbocycles. The minimum atomic E-state index is -1.13. The second kappa shape index (κ2) is 4.87. The molecule has 5 heteroatoms. The van der Waals surface area contributed by atoms with Gasteiger partial charge in [-0.25, -0.2) is 13.2 Å². The van der Waals surface area contributed by atoms with Crippen LogP contribution < -0.4 is 0 Å². The lowest BCUT2D eigenvalue weighted by Gasteiger charge is -2.25. The van der Waals surface area contributed by atoms with Crippen molar-refractivity contribution < 1.29 is 18.0 Å². The Bertz CT molecular complexity index is 484. The molecule has 0 saturated heterocycles. The first kappa shape index (κ1) is 13.9. The molecule has 1 aromatic rings. The van der Waals surface area contributed by atoms with Gasteiger partial charge in [-0.1, -0.05) is 0 Å². The van der Waals surface area contributed by atoms with E-state index in [4.69, 9.17) is 0 Å². The number of hydrogen-bond acceptors (Lipinski definition) is 1. The van der Waals surface area contributed by atoms with E-state index in [1.54, 1.807) is 4.90 Å². The minimum Gasteiger partial charge on any atom is -0.342 e. The first-order chi connectivity index (χ1) is 8.96. The molecule has 0 heterocycles. The lowest BCUT2D eigenvalue weighted by atomic mass is 9.93. The minimum absolute atomic E-state index is 0.276. The van der Waals surface area contributed by atoms with Crippen LogP contribution in [-0.2, 0) is 10.2 Å². The van der Waals surface area contributed by atoms with Crippen molar-refractivity contribution >= 4 is 5.91 Å². The average molecular weight is 271 g/mol. The van der Waals surface area contributed by atoms with Crippen LogP contribution in [0.15, 0.2) is 12.1 Å². The fourth-order valence-electron chi connectivity index (χ4n) is 2.51. The van der Waals surface area contributed by atoms with Gasteiger partial charge in [-0.3, -0.25) is 4.79 Å². The Morgan fingerprint density at radius 1 is 1.16 bits per heavy atom. The lowest BCUT2D eigenvalue weighted by molar-refractivity contribution is -0.133. The molecule has 104 valence electrons. The van der Waals surface area contributed by atoms with E-state index in [9.17, 15) is 18.0 Å². The van der Waals surface area contributed by atoms with Crippen LogP contribution in [0, 0.1) is 17.5 Å². The number of amides is 1. The van der Waals surface area contributed by atoms with Gasteiger partial charge >= 0.3 is 0 Å². The maximum Gasteiger partial charge on any atom is 0.233 e. The number of hydrogen-bond donors (Lipinski definition) is 0. The van der Waals surface area contributed by atoms with E-state index < -0.39 is 22.9 Å². The molecule has 0 bridgehead atoms. The summed E-state index contributed by atoms with van der Waals surface area (Å²) in [6, 6.07) is 1.27. The summed E-state index contributed by atoms with van der Waals surface area (Å²) in [5.41, 5.74) is -1.42. The van der Waals surface area contributed by atoms with Crippen LogP contribution >= 0.6 is 0 Å². The highest BCUT2D eigenvalue weighted by Crippen LogP contribution is 2.51. The zero-order chi connectivity index (χ0) is 14.2. The van der Waals surface area contributed by atoms with E-state index in [1.807, 2.05) is 13.8 Å². The van der Waals surface area contributed by atoms with Gasteiger partial charge in [0.25, 0.3) is 0 Å². The molecule has 0 radical (unpaired) electrons. The molecule has 0 spiro atoms. The topological polar surface area (TPSA) is 20.3 Å². The molecule has 2 nitrogen and oxygen atoms in total. The fraction of sp³-hybridized carbons (Fsp3) is 0.500. The van der Waals surface area contributed by atoms with Gasteiger partial charge in [0, 0.05) is 30.8 Å². The van der Waals surface area contributed by atoms with E-state index in [1.165, 1.54) is 0 Å². The van der Waals surface area contributed by atoms with E-state index >= 15 is 0 Å². The maximum atomic E-state index is 13.8. The summed E-state index contributed by atoms with van der Waals surface area (Å²) in [4.78, 5) is 13.9. The predicted molar refractivity (Wildman–Crippen MR) is 65.2 cm³/mol. The number of likely N-dealkylation sites (N-methyl/N-ethyl adjacent to an activating group) is 1. The molecule has 1 aliphatic rings. The van der Waals surface area contributed by atoms with Crippen molar-refractivity contribution in [2.45, 2.75) is 32.1 Å². The van der Waals surface area contributed by atoms with E-state index in [0.717, 1.165) is 0 Å². The van der Waals surface area contributed by atoms with Crippen molar-refractivity contribution in [3.05, 3.63) is 35.1 Å². The van der Waals surface area contributed by atoms with Crippen molar-refractivity contribution in [3.8, 4) is 0 Å². The van der Waals surface area contributed by atoms with Gasteiger partial charge in [0.15, 0.2) is 0 Å². The maximum absolute atomic E-state index is 13.8. The molecule has 0 atom stereocenters. The molecule has 0 N–H and O–H groups in total. The molecule has 1 fully saturated rings. The Hall–Kier alpha value is -1.52. The van der Waals surface area contributed by atoms with E-state index in [0.29, 0.717) is 38.1 Å². The van der Waals surface area contributed by atoms with Crippen molar-refractivity contribution in [1.82, 2.24) is 4.90 Å². The van der Waals surface area contributed by atoms with Gasteiger partial charge in [-0.2, -0.15) is 0 Å². The lowest BCUT2D eigenvalue weighted by Crippen LogP contribution is -2.40. The summed E-state index contributed by atoms with van der Waals surface area (Å²) >= 11 is 0. The van der Waals surface area contributed by atoms with Gasteiger partial charge in [0.1, 0.15) is 17.5 Å². The molecule has 0 aliphatic heterocycles. The molecular formula is C14H16F3NO. The van der Waals surface area contributed by atoms with E-state index in [2.05, 4.69) is 0 Å². The van der Waals surface area contributed by atoms with Crippen LogP contribution in [0.5, 0.6) is 0 Å². The number of halogens is 3. The second-order valence-electron chi connectivity index (χ2n) is 4.80. The third kappa shape index (κ3) is 2.22. The molecule has 0 unspecified atom stereocenters. The van der Waals surface area contributed by atoms with Crippen molar-refractivity contribution in [3.63, 3.8) is 0 Å². The molecule has 1 aliphatic carbocycles. The summed E-state index contributed by atoms with van der Waals surface area (Å²) in [5.74, 6) is -3.20. The Labute approximate surface area is 110 Å². The van der Waals surface area contributed by atoms with Gasteiger partial charge in [-0.15, -0.1) is 0 Å². The Morgan fingerprint density at radius 3 is 2.00 bits per heavy atom. The van der Waals surface area contributed by atoms with Crippen LogP contribution in [0.25, 0.3) is 0 Å². The normalized spacial score (nSPS) is 16.3. The number of carbonyl (C=O) groups excluding carboxylic acids is 1. The molecule has 19 heavy (non-hydrogen) atoms. The van der Waals surface area contributed by atoms with Crippen LogP contribution in [0.1, 0.15) is 32.3 Å². The average Bonchev–Trinajstić information content (AvgIpc) is 3.10. The second-order valence-corrected chi connectivity index (χ2v) is 4.80. The Kier molecular flexibility index (Phi) is 3.56. The van der Waals surface area contributed by atoms with Gasteiger partial charge in [-0.05, 0) is 26.7 Å². The molecule has 1 amide bonds. The summed E-state index contributed by atoms with van der Waals surface area (Å²) in [7, 11) is 0. The third-order valence-electron chi connectivity index (χ3n) is 3.70. The van der Waals surface area contributed by atoms with Crippen LogP contribution in [0.4, 0.5) is 13.2 Å². The Morgan fingerprint density at radius 2 is 1.63 bits per heavy atom. The fourth-order valence-corrected chi connectivity index (χ4v) is 2.51. The molecule has 1 saturated carbocycles. The monoisotopic (exact) mass is 271 g/mol. The van der Waals surface area contributed by atoms with E-state index in [-0.39, 0.29) is 11.5 Å². The highest BCUT2D eigenvalue weighted by molar-refractivity contribution is 5.91. The molecule has 2 rings (SSSR count). The summed E-state index contributed by atoms with van der Waals surface area (Å²) < 4.78 is 40.6. The number of carbonyl (C=O) groups is 1. The summed E-state index contributed by atoms with van der Waals surface area (Å²) in [6.45, 7) is 4.60. The first-order valence-corrected chi connectivity index (χ1v) is 6.40. The third-order valence-corrected chi connectivity index (χ3v) is 3.70. The number of rotatable bonds is 4. The number of benzene rings is 1. The highest BCUT2D eigenvalue weighted by atomic mass is 19.1. The zero-order valence-electron chi connectivity index (χ0n) is 11.0. The van der Waals surface area contributed by atoms with Crippen LogP contribution in [0.3, 0.4) is 0 Å². The smallest absolute Gasteiger partial charge is 0.233 e. The van der Waals surface area contributed by atoms with Crippen LogP contribution in [-0.4, -0.2) is 23.9 Å². The Balaban J connectivity index is 2.44. The highest BCUT2D eigenvalue weighted by Gasteiger charge is 2.55. The summed E-state index contributed by atoms with van der Waals surface area (Å²) in [6.07, 6.45) is 0.809. The van der Waals surface area contributed by atoms with Gasteiger partial charge in [0.2, 0.25) is 5.91 Å². The SMILES string of the molecule is CCN(CC)C(=O)C1(c2c(F)cc(F)cc2F)CC1. The first-order valence-electron chi connectivity index (χ1n) is 6.40. The van der Waals surface area contributed by atoms with Gasteiger partial charge in [0.05, 0.1) is 5.41 Å². The standard InChI is InChI=1S/C14H16F3NO/c1-3-18(4-2)13(19)14(5-6-14)12-10(16)7-9(15)8-11(12)17/h7-8H,3-6H2,1-2H3. The largest absolute Gasteiger partial charge is 0.342 e. The number of nitrogens with zero attached hydrogens (tertiary/aromatic N) is 1. The van der Waals surface area contributed by atoms with Crippen molar-refractivity contribution in [2.75, 3.05) is 13.1 Å². The van der Waals surface area contributed by atoms with Crippen molar-refractivity contribution in [2.24, 2.45) is 0 Å². The quantitative estimate of drug-likeness (QED) is 0.824. The zero-order valence-corrected chi connectivity index (χ0v) is 11.0. The molecular weight excluding hydrogens is 255 g/mol. The van der Waals surface area contributed by atoms with Crippen LogP contribution in [0.2, 0.25) is 0 Å². The van der Waals surface area contributed by atoms with Crippen molar-refractivity contribution in [1.29, 1.82) is 0 Å². The predicted octanol–water partition coefficient (Wildman–Crippen LogP) is 3.00. The van der Waals surface area contributed by atoms with Gasteiger partial charge < -0.3 is 4.90 Å². The molecule has 0 aromatic heterocycles.